The number of allylic oxidation sites excluding steroid dienone is 1. The molecule has 120 valence electrons. The number of methoxy groups -OCH3 is 1. The number of nitriles is 1. The van der Waals surface area contributed by atoms with Crippen LogP contribution in [0.1, 0.15) is 17.0 Å². The van der Waals surface area contributed by atoms with Crippen LogP contribution in [0, 0.1) is 11.3 Å². The third-order valence-electron chi connectivity index (χ3n) is 4.16. The van der Waals surface area contributed by atoms with Crippen molar-refractivity contribution >= 4 is 0 Å². The Morgan fingerprint density at radius 1 is 1.12 bits per heavy atom. The predicted octanol–water partition coefficient (Wildman–Crippen LogP) is 2.64. The Bertz CT molecular complexity index is 898. The highest BCUT2D eigenvalue weighted by molar-refractivity contribution is 5.59. The van der Waals surface area contributed by atoms with E-state index in [1.165, 1.54) is 0 Å². The van der Waals surface area contributed by atoms with Crippen LogP contribution < -0.4 is 24.7 Å². The minimum Gasteiger partial charge on any atom is -0.497 e. The molecule has 0 radical (unpaired) electrons. The minimum atomic E-state index is -0.334. The lowest BCUT2D eigenvalue weighted by atomic mass is 9.83. The van der Waals surface area contributed by atoms with Crippen LogP contribution >= 0.6 is 0 Å². The first-order valence-corrected chi connectivity index (χ1v) is 7.36. The van der Waals surface area contributed by atoms with Gasteiger partial charge in [0.25, 0.3) is 0 Å². The lowest BCUT2D eigenvalue weighted by Crippen LogP contribution is -2.21. The minimum absolute atomic E-state index is 0.0981. The van der Waals surface area contributed by atoms with Crippen molar-refractivity contribution in [3.8, 4) is 29.1 Å². The molecule has 2 aliphatic rings. The summed E-state index contributed by atoms with van der Waals surface area (Å²) in [5.74, 6) is 2.35. The number of nitrogens with zero attached hydrogens (tertiary/aromatic N) is 1. The summed E-state index contributed by atoms with van der Waals surface area (Å²) >= 11 is 0. The molecular weight excluding hydrogens is 308 g/mol. The second-order valence-electron chi connectivity index (χ2n) is 5.44. The SMILES string of the molecule is COc1ccc2c(c1)OC(N)=C(C#N)[C@@H]2c1ccc2c(c1)OCO2. The Morgan fingerprint density at radius 3 is 2.75 bits per heavy atom. The highest BCUT2D eigenvalue weighted by Gasteiger charge is 2.32. The molecule has 0 saturated carbocycles. The van der Waals surface area contributed by atoms with Crippen LogP contribution in [-0.2, 0) is 0 Å². The molecule has 0 amide bonds. The van der Waals surface area contributed by atoms with Crippen LogP contribution in [0.15, 0.2) is 47.9 Å². The van der Waals surface area contributed by atoms with Gasteiger partial charge in [-0.1, -0.05) is 12.1 Å². The van der Waals surface area contributed by atoms with Crippen molar-refractivity contribution in [3.05, 3.63) is 59.0 Å². The Kier molecular flexibility index (Phi) is 3.21. The summed E-state index contributed by atoms with van der Waals surface area (Å²) in [6.07, 6.45) is 0. The van der Waals surface area contributed by atoms with Gasteiger partial charge in [-0.3, -0.25) is 0 Å². The second-order valence-corrected chi connectivity index (χ2v) is 5.44. The molecule has 6 nitrogen and oxygen atoms in total. The highest BCUT2D eigenvalue weighted by atomic mass is 16.7. The first-order chi connectivity index (χ1) is 11.7. The van der Waals surface area contributed by atoms with Crippen LogP contribution in [0.25, 0.3) is 0 Å². The summed E-state index contributed by atoms with van der Waals surface area (Å²) in [4.78, 5) is 0. The molecule has 0 unspecified atom stereocenters. The summed E-state index contributed by atoms with van der Waals surface area (Å²) < 4.78 is 21.6. The summed E-state index contributed by atoms with van der Waals surface area (Å²) in [5, 5.41) is 9.56. The molecule has 2 heterocycles. The number of rotatable bonds is 2. The van der Waals surface area contributed by atoms with Gasteiger partial charge in [-0.05, 0) is 23.8 Å². The van der Waals surface area contributed by atoms with Gasteiger partial charge in [-0.25, -0.2) is 0 Å². The molecule has 2 N–H and O–H groups in total. The van der Waals surface area contributed by atoms with E-state index in [9.17, 15) is 5.26 Å². The fourth-order valence-corrected chi connectivity index (χ4v) is 3.00. The fraction of sp³-hybridized carbons (Fsp3) is 0.167. The van der Waals surface area contributed by atoms with Crippen LogP contribution in [0.5, 0.6) is 23.0 Å². The van der Waals surface area contributed by atoms with Crippen LogP contribution in [0.2, 0.25) is 0 Å². The third-order valence-corrected chi connectivity index (χ3v) is 4.16. The number of hydrogen-bond acceptors (Lipinski definition) is 6. The van der Waals surface area contributed by atoms with E-state index < -0.39 is 0 Å². The molecule has 0 saturated heterocycles. The van der Waals surface area contributed by atoms with Crippen LogP contribution in [0.4, 0.5) is 0 Å². The number of benzene rings is 2. The molecule has 0 fully saturated rings. The molecule has 1 atom stereocenters. The summed E-state index contributed by atoms with van der Waals surface area (Å²) in [7, 11) is 1.58. The van der Waals surface area contributed by atoms with Gasteiger partial charge in [0.1, 0.15) is 23.1 Å². The molecule has 0 bridgehead atoms. The lowest BCUT2D eigenvalue weighted by molar-refractivity contribution is 0.174. The Morgan fingerprint density at radius 2 is 1.96 bits per heavy atom. The summed E-state index contributed by atoms with van der Waals surface area (Å²) in [6, 6.07) is 13.3. The number of nitrogens with two attached hydrogens (primary N) is 1. The Hall–Kier alpha value is -3.33. The van der Waals surface area contributed by atoms with E-state index in [0.29, 0.717) is 28.6 Å². The summed E-state index contributed by atoms with van der Waals surface area (Å²) in [5.41, 5.74) is 8.07. The number of fused-ring (bicyclic) bond motifs is 2. The van der Waals surface area contributed by atoms with E-state index in [2.05, 4.69) is 6.07 Å². The Labute approximate surface area is 138 Å². The molecular formula is C18H14N2O4. The van der Waals surface area contributed by atoms with E-state index >= 15 is 0 Å². The third kappa shape index (κ3) is 2.10. The average Bonchev–Trinajstić information content (AvgIpc) is 3.07. The predicted molar refractivity (Wildman–Crippen MR) is 84.9 cm³/mol. The van der Waals surface area contributed by atoms with Crippen molar-refractivity contribution in [1.29, 1.82) is 5.26 Å². The van der Waals surface area contributed by atoms with E-state index in [0.717, 1.165) is 11.1 Å². The quantitative estimate of drug-likeness (QED) is 0.914. The van der Waals surface area contributed by atoms with E-state index in [4.69, 9.17) is 24.7 Å². The smallest absolute Gasteiger partial charge is 0.231 e. The molecule has 4 rings (SSSR count). The molecule has 2 aromatic carbocycles. The number of hydrogen-bond donors (Lipinski definition) is 1. The zero-order chi connectivity index (χ0) is 16.7. The van der Waals surface area contributed by atoms with Gasteiger partial charge in [0, 0.05) is 11.6 Å². The fourth-order valence-electron chi connectivity index (χ4n) is 3.00. The Balaban J connectivity index is 1.88. The molecule has 2 aromatic rings. The zero-order valence-electron chi connectivity index (χ0n) is 12.9. The first-order valence-electron chi connectivity index (χ1n) is 7.36. The maximum Gasteiger partial charge on any atom is 0.231 e. The molecule has 2 aliphatic heterocycles. The lowest BCUT2D eigenvalue weighted by Gasteiger charge is -2.26. The maximum atomic E-state index is 9.56. The van der Waals surface area contributed by atoms with Crippen molar-refractivity contribution in [2.45, 2.75) is 5.92 Å². The topological polar surface area (TPSA) is 86.7 Å². The van der Waals surface area contributed by atoms with Gasteiger partial charge in [0.2, 0.25) is 12.7 Å². The highest BCUT2D eigenvalue weighted by Crippen LogP contribution is 2.45. The molecule has 6 heteroatoms. The van der Waals surface area contributed by atoms with E-state index in [-0.39, 0.29) is 18.6 Å². The van der Waals surface area contributed by atoms with Gasteiger partial charge < -0.3 is 24.7 Å². The van der Waals surface area contributed by atoms with Crippen molar-refractivity contribution in [1.82, 2.24) is 0 Å². The van der Waals surface area contributed by atoms with E-state index in [1.807, 2.05) is 30.3 Å². The second kappa shape index (κ2) is 5.39. The molecule has 0 aliphatic carbocycles. The average molecular weight is 322 g/mol. The van der Waals surface area contributed by atoms with Gasteiger partial charge in [0.15, 0.2) is 11.5 Å². The van der Waals surface area contributed by atoms with Gasteiger partial charge >= 0.3 is 0 Å². The van der Waals surface area contributed by atoms with Gasteiger partial charge in [0.05, 0.1) is 13.0 Å². The largest absolute Gasteiger partial charge is 0.497 e. The van der Waals surface area contributed by atoms with Gasteiger partial charge in [-0.2, -0.15) is 5.26 Å². The van der Waals surface area contributed by atoms with Crippen molar-refractivity contribution in [2.75, 3.05) is 13.9 Å². The van der Waals surface area contributed by atoms with Crippen molar-refractivity contribution < 1.29 is 18.9 Å². The monoisotopic (exact) mass is 322 g/mol. The summed E-state index contributed by atoms with van der Waals surface area (Å²) in [6.45, 7) is 0.198. The van der Waals surface area contributed by atoms with Gasteiger partial charge in [-0.15, -0.1) is 0 Å². The number of ether oxygens (including phenoxy) is 4. The van der Waals surface area contributed by atoms with E-state index in [1.54, 1.807) is 13.2 Å². The molecule has 24 heavy (non-hydrogen) atoms. The zero-order valence-corrected chi connectivity index (χ0v) is 12.9. The van der Waals surface area contributed by atoms with Crippen LogP contribution in [0.3, 0.4) is 0 Å². The normalized spacial score (nSPS) is 17.8. The van der Waals surface area contributed by atoms with Crippen LogP contribution in [-0.4, -0.2) is 13.9 Å². The first kappa shape index (κ1) is 14.3. The molecule has 0 aromatic heterocycles. The molecule has 0 spiro atoms. The van der Waals surface area contributed by atoms with Crippen molar-refractivity contribution in [2.24, 2.45) is 5.73 Å². The standard InChI is InChI=1S/C18H14N2O4/c1-21-11-3-4-12-15(7-11)24-18(20)13(8-19)17(12)10-2-5-14-16(6-10)23-9-22-14/h2-7,17H,9,20H2,1H3/t17-/m1/s1. The van der Waals surface area contributed by atoms with Crippen molar-refractivity contribution in [3.63, 3.8) is 0 Å². The maximum absolute atomic E-state index is 9.56.